The topological polar surface area (TPSA) is 113 Å². The molecule has 3 fully saturated rings. The van der Waals surface area contributed by atoms with E-state index in [1.54, 1.807) is 13.0 Å². The maximum absolute atomic E-state index is 13.2. The van der Waals surface area contributed by atoms with Gasteiger partial charge in [0.2, 0.25) is 15.9 Å². The quantitative estimate of drug-likeness (QED) is 0.711. The Bertz CT molecular complexity index is 948. The average molecular weight is 439 g/mol. The van der Waals surface area contributed by atoms with Crippen molar-refractivity contribution in [2.45, 2.75) is 40.0 Å². The number of anilines is 1. The van der Waals surface area contributed by atoms with Crippen LogP contribution in [0.5, 0.6) is 0 Å². The number of ketones is 1. The van der Waals surface area contributed by atoms with Crippen molar-refractivity contribution >= 4 is 27.5 Å². The van der Waals surface area contributed by atoms with Crippen molar-refractivity contribution in [3.05, 3.63) is 11.8 Å². The first kappa shape index (κ1) is 21.5. The molecule has 2 heterocycles. The second kappa shape index (κ2) is 7.42. The van der Waals surface area contributed by atoms with Gasteiger partial charge in [-0.05, 0) is 31.1 Å². The number of piperazine rings is 1. The van der Waals surface area contributed by atoms with Crippen molar-refractivity contribution in [1.82, 2.24) is 14.4 Å². The van der Waals surface area contributed by atoms with Gasteiger partial charge in [0.1, 0.15) is 11.5 Å². The minimum Gasteiger partial charge on any atom is -0.360 e. The minimum atomic E-state index is -3.55. The van der Waals surface area contributed by atoms with Gasteiger partial charge in [0.25, 0.3) is 0 Å². The highest BCUT2D eigenvalue weighted by Gasteiger charge is 2.65. The Hall–Kier alpha value is -1.78. The van der Waals surface area contributed by atoms with Gasteiger partial charge in [-0.1, -0.05) is 19.0 Å². The Balaban J connectivity index is 1.33. The summed E-state index contributed by atoms with van der Waals surface area (Å²) in [6.07, 6.45) is 2.11. The fourth-order valence-corrected chi connectivity index (χ4v) is 7.69. The molecule has 0 radical (unpaired) electrons. The predicted octanol–water partition coefficient (Wildman–Crippen LogP) is 1.26. The summed E-state index contributed by atoms with van der Waals surface area (Å²) in [7, 11) is -3.55. The number of Topliss-reactive ketones (excluding diaryl/α,β-unsaturated/α-hetero) is 1. The molecule has 2 saturated carbocycles. The fraction of sp³-hybridized carbons (Fsp3) is 0.750. The third-order valence-electron chi connectivity index (χ3n) is 7.56. The van der Waals surface area contributed by atoms with Crippen molar-refractivity contribution < 1.29 is 22.5 Å². The zero-order valence-corrected chi connectivity index (χ0v) is 18.6. The van der Waals surface area contributed by atoms with Crippen LogP contribution >= 0.6 is 0 Å². The predicted molar refractivity (Wildman–Crippen MR) is 110 cm³/mol. The number of fused-ring (bicyclic) bond motifs is 2. The molecule has 2 aliphatic carbocycles. The Morgan fingerprint density at radius 3 is 2.53 bits per heavy atom. The highest BCUT2D eigenvalue weighted by atomic mass is 32.2. The zero-order chi connectivity index (χ0) is 21.7. The summed E-state index contributed by atoms with van der Waals surface area (Å²) >= 11 is 0. The highest BCUT2D eigenvalue weighted by molar-refractivity contribution is 7.89. The molecule has 1 saturated heterocycles. The van der Waals surface area contributed by atoms with Crippen molar-refractivity contribution in [3.8, 4) is 0 Å². The van der Waals surface area contributed by atoms with Gasteiger partial charge in [0.15, 0.2) is 5.82 Å². The van der Waals surface area contributed by atoms with E-state index in [4.69, 9.17) is 4.52 Å². The lowest BCUT2D eigenvalue weighted by Gasteiger charge is -2.39. The third-order valence-corrected chi connectivity index (χ3v) is 9.56. The molecule has 2 unspecified atom stereocenters. The van der Waals surface area contributed by atoms with Crippen LogP contribution in [0, 0.1) is 23.7 Å². The van der Waals surface area contributed by atoms with E-state index in [1.807, 2.05) is 4.90 Å². The molecule has 1 N–H and O–H groups in total. The lowest BCUT2D eigenvalue weighted by atomic mass is 9.70. The number of sulfonamides is 1. The number of hydrogen-bond donors (Lipinski definition) is 1. The maximum Gasteiger partial charge on any atom is 0.239 e. The first-order valence-electron chi connectivity index (χ1n) is 10.5. The van der Waals surface area contributed by atoms with Crippen molar-refractivity contribution in [1.29, 1.82) is 0 Å². The number of nitrogens with zero attached hydrogens (tertiary/aromatic N) is 3. The fourth-order valence-electron chi connectivity index (χ4n) is 5.49. The number of nitrogens with one attached hydrogen (secondary N) is 1. The van der Waals surface area contributed by atoms with Gasteiger partial charge in [-0.15, -0.1) is 0 Å². The lowest BCUT2D eigenvalue weighted by Crippen LogP contribution is -2.53. The normalized spacial score (nSPS) is 29.4. The van der Waals surface area contributed by atoms with Crippen LogP contribution in [0.2, 0.25) is 0 Å². The third kappa shape index (κ3) is 3.58. The Labute approximate surface area is 177 Å². The molecular weight excluding hydrogens is 408 g/mol. The van der Waals surface area contributed by atoms with Crippen LogP contribution in [0.3, 0.4) is 0 Å². The van der Waals surface area contributed by atoms with E-state index >= 15 is 0 Å². The Kier molecular flexibility index (Phi) is 5.31. The van der Waals surface area contributed by atoms with Crippen molar-refractivity contribution in [3.63, 3.8) is 0 Å². The van der Waals surface area contributed by atoms with E-state index in [1.165, 1.54) is 4.31 Å². The Morgan fingerprint density at radius 2 is 2.00 bits per heavy atom. The van der Waals surface area contributed by atoms with Crippen LogP contribution in [0.15, 0.2) is 10.6 Å². The molecule has 166 valence electrons. The molecule has 9 nitrogen and oxygen atoms in total. The number of rotatable bonds is 6. The van der Waals surface area contributed by atoms with Crippen molar-refractivity contribution in [2.24, 2.45) is 16.7 Å². The van der Waals surface area contributed by atoms with E-state index in [9.17, 15) is 18.0 Å². The summed E-state index contributed by atoms with van der Waals surface area (Å²) in [5, 5.41) is 6.41. The molecule has 1 aromatic heterocycles. The van der Waals surface area contributed by atoms with Gasteiger partial charge in [0, 0.05) is 44.1 Å². The van der Waals surface area contributed by atoms with Gasteiger partial charge in [0.05, 0.1) is 12.3 Å². The monoisotopic (exact) mass is 438 g/mol. The van der Waals surface area contributed by atoms with Crippen LogP contribution in [0.4, 0.5) is 5.82 Å². The number of amides is 1. The molecule has 1 amide bonds. The maximum atomic E-state index is 13.2. The molecule has 1 aliphatic heterocycles. The first-order chi connectivity index (χ1) is 14.0. The molecular formula is C20H30N4O5S. The second-order valence-electron chi connectivity index (χ2n) is 9.47. The van der Waals surface area contributed by atoms with E-state index in [0.717, 1.165) is 6.42 Å². The molecule has 0 aromatic carbocycles. The smallest absolute Gasteiger partial charge is 0.239 e. The zero-order valence-electron chi connectivity index (χ0n) is 17.8. The van der Waals surface area contributed by atoms with Gasteiger partial charge in [-0.25, -0.2) is 8.42 Å². The summed E-state index contributed by atoms with van der Waals surface area (Å²) in [6.45, 7) is 7.61. The van der Waals surface area contributed by atoms with Gasteiger partial charge in [-0.2, -0.15) is 4.31 Å². The molecule has 2 bridgehead atoms. The van der Waals surface area contributed by atoms with Crippen molar-refractivity contribution in [2.75, 3.05) is 43.8 Å². The SMILES string of the molecule is Cc1cc(NC(=O)CN2CCN(S(=O)(=O)CC34CCC(CC3=O)C4(C)C)CC2)no1. The van der Waals surface area contributed by atoms with E-state index < -0.39 is 15.4 Å². The molecule has 30 heavy (non-hydrogen) atoms. The molecule has 1 aromatic rings. The summed E-state index contributed by atoms with van der Waals surface area (Å²) in [5.74, 6) is 1.09. The first-order valence-corrected chi connectivity index (χ1v) is 12.1. The van der Waals surface area contributed by atoms with Crippen LogP contribution in [-0.4, -0.2) is 72.9 Å². The number of aromatic nitrogens is 1. The van der Waals surface area contributed by atoms with Crippen LogP contribution in [0.1, 0.15) is 38.9 Å². The molecule has 2 atom stereocenters. The molecule has 0 spiro atoms. The summed E-state index contributed by atoms with van der Waals surface area (Å²) in [4.78, 5) is 26.8. The number of hydrogen-bond acceptors (Lipinski definition) is 7. The minimum absolute atomic E-state index is 0.0890. The number of carbonyl (C=O) groups is 2. The summed E-state index contributed by atoms with van der Waals surface area (Å²) in [6, 6.07) is 1.64. The summed E-state index contributed by atoms with van der Waals surface area (Å²) < 4.78 is 32.8. The largest absolute Gasteiger partial charge is 0.360 e. The van der Waals surface area contributed by atoms with Crippen LogP contribution < -0.4 is 5.32 Å². The van der Waals surface area contributed by atoms with Gasteiger partial charge in [-0.3, -0.25) is 14.5 Å². The van der Waals surface area contributed by atoms with E-state index in [0.29, 0.717) is 56.5 Å². The van der Waals surface area contributed by atoms with Gasteiger partial charge < -0.3 is 9.84 Å². The van der Waals surface area contributed by atoms with Crippen LogP contribution in [-0.2, 0) is 19.6 Å². The van der Waals surface area contributed by atoms with E-state index in [2.05, 4.69) is 24.3 Å². The van der Waals surface area contributed by atoms with Crippen LogP contribution in [0.25, 0.3) is 0 Å². The molecule has 10 heteroatoms. The molecule has 3 aliphatic rings. The summed E-state index contributed by atoms with van der Waals surface area (Å²) in [5.41, 5.74) is -1.01. The molecule has 4 rings (SSSR count). The average Bonchev–Trinajstić information content (AvgIpc) is 3.22. The second-order valence-corrected chi connectivity index (χ2v) is 11.4. The standard InChI is InChI=1S/C20H30N4O5S/c1-14-10-17(22-29-14)21-18(26)12-23-6-8-24(9-7-23)30(27,28)13-20-5-4-15(11-16(20)25)19(20,2)3/h10,15H,4-9,11-13H2,1-3H3,(H,21,22,26). The van der Waals surface area contributed by atoms with E-state index in [-0.39, 0.29) is 29.4 Å². The van der Waals surface area contributed by atoms with Gasteiger partial charge >= 0.3 is 0 Å². The number of carbonyl (C=O) groups excluding carboxylic acids is 2. The lowest BCUT2D eigenvalue weighted by molar-refractivity contribution is -0.128. The Morgan fingerprint density at radius 1 is 1.30 bits per heavy atom. The highest BCUT2D eigenvalue weighted by Crippen LogP contribution is 2.64. The number of aryl methyl sites for hydroxylation is 1.